The number of unbranched alkanes of at least 4 members (excludes halogenated alkanes) is 3. The van der Waals surface area contributed by atoms with Gasteiger partial charge >= 0.3 is 6.09 Å². The van der Waals surface area contributed by atoms with Crippen molar-refractivity contribution < 1.29 is 23.9 Å². The molecule has 2 unspecified atom stereocenters. The molecule has 0 saturated carbocycles. The summed E-state index contributed by atoms with van der Waals surface area (Å²) in [6.45, 7) is 11.8. The number of hydrogen-bond donors (Lipinski definition) is 2. The first-order chi connectivity index (χ1) is 18.9. The van der Waals surface area contributed by atoms with Gasteiger partial charge in [-0.25, -0.2) is 4.79 Å². The van der Waals surface area contributed by atoms with Gasteiger partial charge in [-0.15, -0.1) is 0 Å². The van der Waals surface area contributed by atoms with E-state index in [4.69, 9.17) is 9.47 Å². The summed E-state index contributed by atoms with van der Waals surface area (Å²) in [6, 6.07) is 14.6. The minimum atomic E-state index is -0.896. The van der Waals surface area contributed by atoms with Gasteiger partial charge in [0.15, 0.2) is 0 Å². The van der Waals surface area contributed by atoms with Crippen molar-refractivity contribution in [2.45, 2.75) is 91.3 Å². The molecular weight excluding hydrogens is 506 g/mol. The Morgan fingerprint density at radius 3 is 2.12 bits per heavy atom. The second kappa shape index (κ2) is 15.9. The molecule has 8 heteroatoms. The summed E-state index contributed by atoms with van der Waals surface area (Å²) in [5, 5.41) is 5.78. The number of nitrogens with zero attached hydrogens (tertiary/aromatic N) is 1. The molecule has 220 valence electrons. The number of anilines is 1. The lowest BCUT2D eigenvalue weighted by atomic mass is 9.98. The fourth-order valence-corrected chi connectivity index (χ4v) is 4.41. The predicted octanol–water partition coefficient (Wildman–Crippen LogP) is 6.72. The predicted molar refractivity (Wildman–Crippen MR) is 159 cm³/mol. The van der Waals surface area contributed by atoms with Crippen molar-refractivity contribution in [3.05, 3.63) is 60.2 Å². The average molecular weight is 554 g/mol. The molecule has 0 aliphatic carbocycles. The number of carbonyl (C=O) groups is 3. The van der Waals surface area contributed by atoms with Crippen LogP contribution in [-0.4, -0.2) is 48.1 Å². The van der Waals surface area contributed by atoms with E-state index < -0.39 is 23.8 Å². The molecule has 2 atom stereocenters. The standard InChI is InChI=1S/C32H47N3O5/c1-8-9-10-14-21-35(30(37)27(22-23(2)3)34-31(38)40-32(4,5)6)28(24-15-12-11-13-16-24)29(36)33-25-17-19-26(39-7)20-18-25/h11-13,15-20,23,27-28H,8-10,14,21-22H2,1-7H3,(H,33,36)(H,34,38). The Hall–Kier alpha value is -3.55. The van der Waals surface area contributed by atoms with E-state index in [-0.39, 0.29) is 17.7 Å². The van der Waals surface area contributed by atoms with E-state index in [2.05, 4.69) is 17.6 Å². The second-order valence-electron chi connectivity index (χ2n) is 11.5. The molecule has 0 saturated heterocycles. The van der Waals surface area contributed by atoms with Crippen molar-refractivity contribution in [1.29, 1.82) is 0 Å². The third-order valence-electron chi connectivity index (χ3n) is 6.26. The van der Waals surface area contributed by atoms with Gasteiger partial charge in [-0.2, -0.15) is 0 Å². The highest BCUT2D eigenvalue weighted by Gasteiger charge is 2.36. The molecule has 8 nitrogen and oxygen atoms in total. The van der Waals surface area contributed by atoms with Crippen LogP contribution in [0.4, 0.5) is 10.5 Å². The van der Waals surface area contributed by atoms with E-state index in [0.717, 1.165) is 25.7 Å². The van der Waals surface area contributed by atoms with Gasteiger partial charge in [0.1, 0.15) is 23.4 Å². The second-order valence-corrected chi connectivity index (χ2v) is 11.5. The number of ether oxygens (including phenoxy) is 2. The van der Waals surface area contributed by atoms with Crippen LogP contribution in [0.1, 0.15) is 85.3 Å². The summed E-state index contributed by atoms with van der Waals surface area (Å²) in [4.78, 5) is 42.5. The van der Waals surface area contributed by atoms with Crippen LogP contribution in [0.25, 0.3) is 0 Å². The third kappa shape index (κ3) is 10.9. The van der Waals surface area contributed by atoms with E-state index in [0.29, 0.717) is 30.0 Å². The molecule has 2 N–H and O–H groups in total. The molecule has 2 aromatic carbocycles. The van der Waals surface area contributed by atoms with E-state index >= 15 is 0 Å². The Morgan fingerprint density at radius 1 is 0.925 bits per heavy atom. The third-order valence-corrected chi connectivity index (χ3v) is 6.26. The minimum absolute atomic E-state index is 0.120. The zero-order valence-electron chi connectivity index (χ0n) is 25.2. The van der Waals surface area contributed by atoms with Gasteiger partial charge < -0.3 is 25.0 Å². The molecular formula is C32H47N3O5. The number of methoxy groups -OCH3 is 1. The van der Waals surface area contributed by atoms with Gasteiger partial charge in [0, 0.05) is 12.2 Å². The first kappa shape index (κ1) is 32.7. The zero-order valence-corrected chi connectivity index (χ0v) is 25.2. The monoisotopic (exact) mass is 553 g/mol. The summed E-state index contributed by atoms with van der Waals surface area (Å²) >= 11 is 0. The lowest BCUT2D eigenvalue weighted by Crippen LogP contribution is -2.53. The maximum Gasteiger partial charge on any atom is 0.408 e. The Morgan fingerprint density at radius 2 is 1.57 bits per heavy atom. The molecule has 0 bridgehead atoms. The Labute approximate surface area is 239 Å². The highest BCUT2D eigenvalue weighted by molar-refractivity contribution is 5.99. The van der Waals surface area contributed by atoms with E-state index in [9.17, 15) is 14.4 Å². The highest BCUT2D eigenvalue weighted by atomic mass is 16.6. The smallest absolute Gasteiger partial charge is 0.408 e. The van der Waals surface area contributed by atoms with Crippen LogP contribution in [0.5, 0.6) is 5.75 Å². The van der Waals surface area contributed by atoms with Gasteiger partial charge in [-0.05, 0) is 69.4 Å². The van der Waals surface area contributed by atoms with E-state index in [1.54, 1.807) is 57.0 Å². The molecule has 0 aliphatic heterocycles. The number of amides is 3. The van der Waals surface area contributed by atoms with Crippen molar-refractivity contribution in [3.63, 3.8) is 0 Å². The molecule has 40 heavy (non-hydrogen) atoms. The lowest BCUT2D eigenvalue weighted by Gasteiger charge is -2.35. The van der Waals surface area contributed by atoms with Gasteiger partial charge in [0.2, 0.25) is 5.91 Å². The van der Waals surface area contributed by atoms with Gasteiger partial charge in [-0.3, -0.25) is 9.59 Å². The fraction of sp³-hybridized carbons (Fsp3) is 0.531. The minimum Gasteiger partial charge on any atom is -0.497 e. The summed E-state index contributed by atoms with van der Waals surface area (Å²) in [7, 11) is 1.58. The average Bonchev–Trinajstić information content (AvgIpc) is 2.89. The van der Waals surface area contributed by atoms with Gasteiger partial charge in [0.25, 0.3) is 5.91 Å². The first-order valence-electron chi connectivity index (χ1n) is 14.2. The van der Waals surface area contributed by atoms with Crippen molar-refractivity contribution in [2.75, 3.05) is 19.0 Å². The van der Waals surface area contributed by atoms with Crippen molar-refractivity contribution in [2.24, 2.45) is 5.92 Å². The molecule has 3 amide bonds. The van der Waals surface area contributed by atoms with Gasteiger partial charge in [0.05, 0.1) is 7.11 Å². The molecule has 0 spiro atoms. The Balaban J connectivity index is 2.47. The maximum atomic E-state index is 14.3. The molecule has 0 aliphatic rings. The van der Waals surface area contributed by atoms with Crippen LogP contribution in [-0.2, 0) is 14.3 Å². The Kier molecular flexibility index (Phi) is 13.0. The first-order valence-corrected chi connectivity index (χ1v) is 14.2. The van der Waals surface area contributed by atoms with Crippen LogP contribution in [0, 0.1) is 5.92 Å². The topological polar surface area (TPSA) is 97.0 Å². The van der Waals surface area contributed by atoms with Crippen molar-refractivity contribution in [3.8, 4) is 5.75 Å². The number of nitrogens with one attached hydrogen (secondary N) is 2. The van der Waals surface area contributed by atoms with Crippen LogP contribution >= 0.6 is 0 Å². The highest BCUT2D eigenvalue weighted by Crippen LogP contribution is 2.27. The lowest BCUT2D eigenvalue weighted by molar-refractivity contribution is -0.141. The molecule has 2 rings (SSSR count). The number of alkyl carbamates (subject to hydrolysis) is 1. The molecule has 0 heterocycles. The summed E-state index contributed by atoms with van der Waals surface area (Å²) in [5.41, 5.74) is 0.578. The number of carbonyl (C=O) groups excluding carboxylic acids is 3. The van der Waals surface area contributed by atoms with Crippen LogP contribution < -0.4 is 15.4 Å². The van der Waals surface area contributed by atoms with Crippen molar-refractivity contribution >= 4 is 23.6 Å². The largest absolute Gasteiger partial charge is 0.497 e. The number of hydrogen-bond acceptors (Lipinski definition) is 5. The maximum absolute atomic E-state index is 14.3. The molecule has 2 aromatic rings. The number of rotatable bonds is 14. The zero-order chi connectivity index (χ0) is 29.7. The summed E-state index contributed by atoms with van der Waals surface area (Å²) in [5.74, 6) is 0.153. The normalized spacial score (nSPS) is 12.8. The van der Waals surface area contributed by atoms with Crippen molar-refractivity contribution in [1.82, 2.24) is 10.2 Å². The summed E-state index contributed by atoms with van der Waals surface area (Å²) < 4.78 is 10.7. The van der Waals surface area contributed by atoms with Crippen LogP contribution in [0.2, 0.25) is 0 Å². The molecule has 0 fully saturated rings. The van der Waals surface area contributed by atoms with Crippen LogP contribution in [0.15, 0.2) is 54.6 Å². The van der Waals surface area contributed by atoms with Crippen LogP contribution in [0.3, 0.4) is 0 Å². The quantitative estimate of drug-likeness (QED) is 0.253. The number of benzene rings is 2. The van der Waals surface area contributed by atoms with E-state index in [1.807, 2.05) is 44.2 Å². The van der Waals surface area contributed by atoms with E-state index in [1.165, 1.54) is 0 Å². The SMILES string of the molecule is CCCCCCN(C(=O)C(CC(C)C)NC(=O)OC(C)(C)C)C(C(=O)Nc1ccc(OC)cc1)c1ccccc1. The molecule has 0 radical (unpaired) electrons. The fourth-order valence-electron chi connectivity index (χ4n) is 4.41. The summed E-state index contributed by atoms with van der Waals surface area (Å²) in [6.07, 6.45) is 3.49. The van der Waals surface area contributed by atoms with Gasteiger partial charge in [-0.1, -0.05) is 70.4 Å². The Bertz CT molecular complexity index is 1060. The molecule has 0 aromatic heterocycles.